The molecule has 1 aromatic carbocycles. The Morgan fingerprint density at radius 3 is 2.39 bits per heavy atom. The Hall–Kier alpha value is -1.02. The fraction of sp³-hybridized carbons (Fsp3) is 0.682. The largest absolute Gasteiger partial charge is 0.494 e. The zero-order chi connectivity index (χ0) is 19.5. The van der Waals surface area contributed by atoms with Gasteiger partial charge in [0.05, 0.1) is 13.2 Å². The summed E-state index contributed by atoms with van der Waals surface area (Å²) >= 11 is 0. The SMILES string of the molecule is CCNC(=NCC1(c2ccc(OCC)cc2)CCOCC1)NCCC(C)C.I. The number of rotatable bonds is 9. The Kier molecular flexibility index (Phi) is 11.8. The van der Waals surface area contributed by atoms with Gasteiger partial charge in [-0.3, -0.25) is 4.99 Å². The lowest BCUT2D eigenvalue weighted by atomic mass is 9.74. The van der Waals surface area contributed by atoms with Crippen LogP contribution in [0.15, 0.2) is 29.3 Å². The number of ether oxygens (including phenoxy) is 2. The molecule has 2 N–H and O–H groups in total. The van der Waals surface area contributed by atoms with E-state index in [4.69, 9.17) is 14.5 Å². The zero-order valence-electron chi connectivity index (χ0n) is 17.9. The van der Waals surface area contributed by atoms with Crippen molar-refractivity contribution in [2.24, 2.45) is 10.9 Å². The lowest BCUT2D eigenvalue weighted by molar-refractivity contribution is 0.0531. The van der Waals surface area contributed by atoms with Crippen LogP contribution in [0.3, 0.4) is 0 Å². The average molecular weight is 503 g/mol. The number of guanidine groups is 1. The van der Waals surface area contributed by atoms with Gasteiger partial charge in [-0.2, -0.15) is 0 Å². The summed E-state index contributed by atoms with van der Waals surface area (Å²) in [6.07, 6.45) is 3.13. The molecule has 0 bridgehead atoms. The molecule has 0 amide bonds. The van der Waals surface area contributed by atoms with Gasteiger partial charge in [0.25, 0.3) is 0 Å². The molecular weight excluding hydrogens is 465 g/mol. The first-order valence-corrected chi connectivity index (χ1v) is 10.4. The molecule has 0 radical (unpaired) electrons. The number of aliphatic imine (C=N–C) groups is 1. The lowest BCUT2D eigenvalue weighted by Gasteiger charge is -2.36. The molecule has 160 valence electrons. The summed E-state index contributed by atoms with van der Waals surface area (Å²) in [6, 6.07) is 8.55. The van der Waals surface area contributed by atoms with Crippen LogP contribution in [-0.2, 0) is 10.2 Å². The average Bonchev–Trinajstić information content (AvgIpc) is 2.67. The molecule has 6 heteroatoms. The van der Waals surface area contributed by atoms with E-state index in [-0.39, 0.29) is 29.4 Å². The van der Waals surface area contributed by atoms with Gasteiger partial charge >= 0.3 is 0 Å². The van der Waals surface area contributed by atoms with Crippen LogP contribution < -0.4 is 15.4 Å². The molecule has 28 heavy (non-hydrogen) atoms. The summed E-state index contributed by atoms with van der Waals surface area (Å²) < 4.78 is 11.3. The maximum atomic E-state index is 5.65. The minimum absolute atomic E-state index is 0. The van der Waals surface area contributed by atoms with Crippen LogP contribution in [0, 0.1) is 5.92 Å². The molecule has 0 unspecified atom stereocenters. The number of halogens is 1. The van der Waals surface area contributed by atoms with E-state index in [1.165, 1.54) is 5.56 Å². The van der Waals surface area contributed by atoms with Crippen LogP contribution in [0.25, 0.3) is 0 Å². The zero-order valence-corrected chi connectivity index (χ0v) is 20.3. The van der Waals surface area contributed by atoms with Gasteiger partial charge in [-0.05, 0) is 56.7 Å². The molecule has 5 nitrogen and oxygen atoms in total. The van der Waals surface area contributed by atoms with E-state index < -0.39 is 0 Å². The summed E-state index contributed by atoms with van der Waals surface area (Å²) in [5.74, 6) is 2.52. The quantitative estimate of drug-likeness (QED) is 0.299. The summed E-state index contributed by atoms with van der Waals surface area (Å²) in [7, 11) is 0. The smallest absolute Gasteiger partial charge is 0.191 e. The van der Waals surface area contributed by atoms with Gasteiger partial charge in [-0.1, -0.05) is 26.0 Å². The second-order valence-corrected chi connectivity index (χ2v) is 7.65. The van der Waals surface area contributed by atoms with Crippen molar-refractivity contribution in [1.29, 1.82) is 0 Å². The highest BCUT2D eigenvalue weighted by atomic mass is 127. The Morgan fingerprint density at radius 1 is 1.14 bits per heavy atom. The number of hydrogen-bond acceptors (Lipinski definition) is 3. The van der Waals surface area contributed by atoms with E-state index in [0.717, 1.165) is 63.8 Å². The Balaban J connectivity index is 0.00000392. The van der Waals surface area contributed by atoms with Crippen molar-refractivity contribution < 1.29 is 9.47 Å². The van der Waals surface area contributed by atoms with Crippen LogP contribution >= 0.6 is 24.0 Å². The molecule has 2 rings (SSSR count). The Labute approximate surface area is 188 Å². The van der Waals surface area contributed by atoms with Gasteiger partial charge in [0.2, 0.25) is 0 Å². The fourth-order valence-electron chi connectivity index (χ4n) is 3.42. The van der Waals surface area contributed by atoms with Crippen molar-refractivity contribution in [3.05, 3.63) is 29.8 Å². The lowest BCUT2D eigenvalue weighted by Crippen LogP contribution is -2.41. The maximum absolute atomic E-state index is 5.65. The van der Waals surface area contributed by atoms with Crippen LogP contribution in [0.4, 0.5) is 0 Å². The Bertz CT molecular complexity index is 570. The third kappa shape index (κ3) is 7.78. The van der Waals surface area contributed by atoms with E-state index in [9.17, 15) is 0 Å². The first kappa shape index (κ1) is 25.0. The molecule has 1 saturated heterocycles. The van der Waals surface area contributed by atoms with Crippen molar-refractivity contribution in [1.82, 2.24) is 10.6 Å². The van der Waals surface area contributed by atoms with E-state index >= 15 is 0 Å². The molecule has 0 aromatic heterocycles. The maximum Gasteiger partial charge on any atom is 0.191 e. The summed E-state index contributed by atoms with van der Waals surface area (Å²) in [5, 5.41) is 6.85. The molecule has 1 aliphatic rings. The summed E-state index contributed by atoms with van der Waals surface area (Å²) in [4.78, 5) is 4.95. The molecule has 1 aromatic rings. The van der Waals surface area contributed by atoms with Gasteiger partial charge in [0.15, 0.2) is 5.96 Å². The highest BCUT2D eigenvalue weighted by Crippen LogP contribution is 2.36. The standard InChI is InChI=1S/C22H37N3O2.HI/c1-5-23-21(24-14-11-18(3)4)25-17-22(12-15-26-16-13-22)19-7-9-20(10-8-19)27-6-2;/h7-10,18H,5-6,11-17H2,1-4H3,(H2,23,24,25);1H. The van der Waals surface area contributed by atoms with Gasteiger partial charge in [-0.25, -0.2) is 0 Å². The van der Waals surface area contributed by atoms with Crippen molar-refractivity contribution >= 4 is 29.9 Å². The third-order valence-electron chi connectivity index (χ3n) is 5.13. The topological polar surface area (TPSA) is 54.9 Å². The summed E-state index contributed by atoms with van der Waals surface area (Å²) in [6.45, 7) is 13.5. The van der Waals surface area contributed by atoms with Crippen LogP contribution in [0.2, 0.25) is 0 Å². The van der Waals surface area contributed by atoms with Crippen molar-refractivity contribution in [2.75, 3.05) is 39.5 Å². The molecule has 0 atom stereocenters. The van der Waals surface area contributed by atoms with Crippen LogP contribution in [0.1, 0.15) is 52.5 Å². The first-order valence-electron chi connectivity index (χ1n) is 10.4. The fourth-order valence-corrected chi connectivity index (χ4v) is 3.42. The van der Waals surface area contributed by atoms with Crippen LogP contribution in [-0.4, -0.2) is 45.4 Å². The van der Waals surface area contributed by atoms with E-state index in [1.54, 1.807) is 0 Å². The number of nitrogens with one attached hydrogen (secondary N) is 2. The molecule has 0 saturated carbocycles. The molecular formula is C22H38IN3O2. The number of benzene rings is 1. The molecule has 1 fully saturated rings. The molecule has 1 aliphatic heterocycles. The van der Waals surface area contributed by atoms with Crippen LogP contribution in [0.5, 0.6) is 5.75 Å². The minimum Gasteiger partial charge on any atom is -0.494 e. The molecule has 1 heterocycles. The monoisotopic (exact) mass is 503 g/mol. The molecule has 0 spiro atoms. The van der Waals surface area contributed by atoms with E-state index in [0.29, 0.717) is 12.5 Å². The van der Waals surface area contributed by atoms with E-state index in [2.05, 4.69) is 55.7 Å². The predicted molar refractivity (Wildman–Crippen MR) is 128 cm³/mol. The second-order valence-electron chi connectivity index (χ2n) is 7.65. The van der Waals surface area contributed by atoms with Gasteiger partial charge in [0.1, 0.15) is 5.75 Å². The summed E-state index contributed by atoms with van der Waals surface area (Å²) in [5.41, 5.74) is 1.36. The highest BCUT2D eigenvalue weighted by Gasteiger charge is 2.34. The first-order chi connectivity index (χ1) is 13.1. The van der Waals surface area contributed by atoms with Gasteiger partial charge in [-0.15, -0.1) is 24.0 Å². The van der Waals surface area contributed by atoms with Gasteiger partial charge < -0.3 is 20.1 Å². The van der Waals surface area contributed by atoms with Crippen molar-refractivity contribution in [2.45, 2.75) is 52.4 Å². The highest BCUT2D eigenvalue weighted by molar-refractivity contribution is 14.0. The van der Waals surface area contributed by atoms with Crippen molar-refractivity contribution in [3.8, 4) is 5.75 Å². The second kappa shape index (κ2) is 13.2. The number of nitrogens with zero attached hydrogens (tertiary/aromatic N) is 1. The van der Waals surface area contributed by atoms with Gasteiger partial charge in [0, 0.05) is 31.7 Å². The minimum atomic E-state index is 0. The predicted octanol–water partition coefficient (Wildman–Crippen LogP) is 4.35. The number of hydrogen-bond donors (Lipinski definition) is 2. The van der Waals surface area contributed by atoms with E-state index in [1.807, 2.05) is 6.92 Å². The normalized spacial score (nSPS) is 16.4. The molecule has 0 aliphatic carbocycles. The Morgan fingerprint density at radius 2 is 1.82 bits per heavy atom. The third-order valence-corrected chi connectivity index (χ3v) is 5.13. The van der Waals surface area contributed by atoms with Crippen molar-refractivity contribution in [3.63, 3.8) is 0 Å².